The molecule has 0 unspecified atom stereocenters. The van der Waals surface area contributed by atoms with Crippen LogP contribution in [0.2, 0.25) is 0 Å². The molecule has 0 fully saturated rings. The van der Waals surface area contributed by atoms with E-state index in [0.29, 0.717) is 11.6 Å². The van der Waals surface area contributed by atoms with E-state index in [0.717, 1.165) is 22.0 Å². The molecule has 5 nitrogen and oxygen atoms in total. The minimum Gasteiger partial charge on any atom is -0.495 e. The van der Waals surface area contributed by atoms with Gasteiger partial charge in [0.2, 0.25) is 0 Å². The van der Waals surface area contributed by atoms with E-state index in [1.54, 1.807) is 19.5 Å². The molecule has 3 rings (SSSR count). The van der Waals surface area contributed by atoms with Crippen molar-refractivity contribution in [3.63, 3.8) is 0 Å². The highest BCUT2D eigenvalue weighted by Gasteiger charge is 2.09. The zero-order valence-electron chi connectivity index (χ0n) is 10.4. The minimum atomic E-state index is 0.426. The van der Waals surface area contributed by atoms with Crippen molar-refractivity contribution in [2.75, 3.05) is 12.8 Å². The van der Waals surface area contributed by atoms with E-state index in [4.69, 9.17) is 10.5 Å². The molecule has 0 aliphatic rings. The Balaban J connectivity index is 2.28. The number of aromatic nitrogens is 3. The molecule has 2 N–H and O–H groups in total. The zero-order valence-corrected chi connectivity index (χ0v) is 10.4. The summed E-state index contributed by atoms with van der Waals surface area (Å²) in [4.78, 5) is 4.14. The van der Waals surface area contributed by atoms with Crippen LogP contribution in [0.15, 0.2) is 42.7 Å². The van der Waals surface area contributed by atoms with Gasteiger partial charge in [0.1, 0.15) is 11.4 Å². The summed E-state index contributed by atoms with van der Waals surface area (Å²) in [5, 5.41) is 10.0. The largest absolute Gasteiger partial charge is 0.495 e. The van der Waals surface area contributed by atoms with Crippen molar-refractivity contribution in [3.05, 3.63) is 42.7 Å². The highest BCUT2D eigenvalue weighted by atomic mass is 16.5. The maximum atomic E-state index is 5.85. The Hall–Kier alpha value is -2.69. The second-order valence-corrected chi connectivity index (χ2v) is 4.09. The SMILES string of the molecule is COc1cncc(-c2nnc(N)c3ccccc23)c1. The van der Waals surface area contributed by atoms with Crippen molar-refractivity contribution in [2.45, 2.75) is 0 Å². The van der Waals surface area contributed by atoms with Crippen LogP contribution in [-0.2, 0) is 0 Å². The van der Waals surface area contributed by atoms with E-state index in [1.807, 2.05) is 30.3 Å². The molecular weight excluding hydrogens is 240 g/mol. The molecule has 19 heavy (non-hydrogen) atoms. The van der Waals surface area contributed by atoms with Crippen LogP contribution in [0.25, 0.3) is 22.0 Å². The quantitative estimate of drug-likeness (QED) is 0.757. The number of hydrogen-bond donors (Lipinski definition) is 1. The molecule has 5 heteroatoms. The number of nitrogens with zero attached hydrogens (tertiary/aromatic N) is 3. The van der Waals surface area contributed by atoms with Crippen LogP contribution in [0.1, 0.15) is 0 Å². The first-order valence-corrected chi connectivity index (χ1v) is 5.80. The smallest absolute Gasteiger partial charge is 0.154 e. The Bertz CT molecular complexity index is 742. The third kappa shape index (κ3) is 1.95. The highest BCUT2D eigenvalue weighted by molar-refractivity contribution is 5.99. The molecule has 0 saturated carbocycles. The van der Waals surface area contributed by atoms with Crippen LogP contribution < -0.4 is 10.5 Å². The van der Waals surface area contributed by atoms with Gasteiger partial charge in [-0.3, -0.25) is 4.98 Å². The van der Waals surface area contributed by atoms with E-state index < -0.39 is 0 Å². The van der Waals surface area contributed by atoms with Gasteiger partial charge in [-0.05, 0) is 6.07 Å². The van der Waals surface area contributed by atoms with Gasteiger partial charge in [-0.15, -0.1) is 10.2 Å². The summed E-state index contributed by atoms with van der Waals surface area (Å²) in [7, 11) is 1.60. The van der Waals surface area contributed by atoms with Crippen molar-refractivity contribution in [2.24, 2.45) is 0 Å². The van der Waals surface area contributed by atoms with Crippen LogP contribution in [0, 0.1) is 0 Å². The molecule has 1 aromatic carbocycles. The molecular formula is C14H12N4O. The summed E-state index contributed by atoms with van der Waals surface area (Å²) in [6, 6.07) is 9.64. The molecule has 0 bridgehead atoms. The van der Waals surface area contributed by atoms with Crippen molar-refractivity contribution >= 4 is 16.6 Å². The van der Waals surface area contributed by atoms with Gasteiger partial charge in [0.15, 0.2) is 5.82 Å². The fourth-order valence-corrected chi connectivity index (χ4v) is 2.00. The number of hydrogen-bond acceptors (Lipinski definition) is 5. The lowest BCUT2D eigenvalue weighted by Crippen LogP contribution is -1.98. The number of pyridine rings is 1. The second-order valence-electron chi connectivity index (χ2n) is 4.09. The first kappa shape index (κ1) is 11.4. The van der Waals surface area contributed by atoms with E-state index in [9.17, 15) is 0 Å². The standard InChI is InChI=1S/C14H12N4O/c1-19-10-6-9(7-16-8-10)13-11-4-2-3-5-12(11)14(15)18-17-13/h2-8H,1H3,(H2,15,18). The van der Waals surface area contributed by atoms with Gasteiger partial charge in [-0.2, -0.15) is 0 Å². The van der Waals surface area contributed by atoms with E-state index >= 15 is 0 Å². The molecule has 2 aromatic heterocycles. The molecule has 0 atom stereocenters. The Morgan fingerprint density at radius 1 is 1.05 bits per heavy atom. The van der Waals surface area contributed by atoms with Gasteiger partial charge in [-0.1, -0.05) is 24.3 Å². The summed E-state index contributed by atoms with van der Waals surface area (Å²) in [5.74, 6) is 1.11. The van der Waals surface area contributed by atoms with E-state index in [1.165, 1.54) is 0 Å². The van der Waals surface area contributed by atoms with Crippen molar-refractivity contribution in [3.8, 4) is 17.0 Å². The van der Waals surface area contributed by atoms with E-state index in [2.05, 4.69) is 15.2 Å². The highest BCUT2D eigenvalue weighted by Crippen LogP contribution is 2.29. The summed E-state index contributed by atoms with van der Waals surface area (Å²) >= 11 is 0. The molecule has 3 aromatic rings. The van der Waals surface area contributed by atoms with Gasteiger partial charge < -0.3 is 10.5 Å². The average Bonchev–Trinajstić information content (AvgIpc) is 2.48. The summed E-state index contributed by atoms with van der Waals surface area (Å²) in [6.45, 7) is 0. The van der Waals surface area contributed by atoms with Crippen LogP contribution in [0.4, 0.5) is 5.82 Å². The lowest BCUT2D eigenvalue weighted by atomic mass is 10.1. The van der Waals surface area contributed by atoms with Crippen LogP contribution in [-0.4, -0.2) is 22.3 Å². The molecule has 0 aliphatic heterocycles. The first-order chi connectivity index (χ1) is 9.29. The lowest BCUT2D eigenvalue weighted by molar-refractivity contribution is 0.413. The monoisotopic (exact) mass is 252 g/mol. The maximum absolute atomic E-state index is 5.85. The predicted octanol–water partition coefficient (Wildman–Crippen LogP) is 2.28. The molecule has 0 spiro atoms. The van der Waals surface area contributed by atoms with Crippen molar-refractivity contribution < 1.29 is 4.74 Å². The number of nitrogens with two attached hydrogens (primary N) is 1. The zero-order chi connectivity index (χ0) is 13.2. The molecule has 0 aliphatic carbocycles. The first-order valence-electron chi connectivity index (χ1n) is 5.80. The molecule has 0 radical (unpaired) electrons. The van der Waals surface area contributed by atoms with Crippen LogP contribution in [0.5, 0.6) is 5.75 Å². The lowest BCUT2D eigenvalue weighted by Gasteiger charge is -2.07. The van der Waals surface area contributed by atoms with Crippen molar-refractivity contribution in [1.29, 1.82) is 0 Å². The predicted molar refractivity (Wildman–Crippen MR) is 73.7 cm³/mol. The topological polar surface area (TPSA) is 73.9 Å². The average molecular weight is 252 g/mol. The van der Waals surface area contributed by atoms with E-state index in [-0.39, 0.29) is 0 Å². The number of fused-ring (bicyclic) bond motifs is 1. The molecule has 0 amide bonds. The summed E-state index contributed by atoms with van der Waals surface area (Å²) < 4.78 is 5.18. The normalized spacial score (nSPS) is 10.6. The fourth-order valence-electron chi connectivity index (χ4n) is 2.00. The van der Waals surface area contributed by atoms with Gasteiger partial charge in [0.05, 0.1) is 13.3 Å². The number of methoxy groups -OCH3 is 1. The fraction of sp³-hybridized carbons (Fsp3) is 0.0714. The number of rotatable bonds is 2. The number of benzene rings is 1. The Labute approximate surface area is 110 Å². The van der Waals surface area contributed by atoms with Crippen molar-refractivity contribution in [1.82, 2.24) is 15.2 Å². The Morgan fingerprint density at radius 3 is 2.63 bits per heavy atom. The summed E-state index contributed by atoms with van der Waals surface area (Å²) in [6.07, 6.45) is 3.38. The number of anilines is 1. The number of nitrogen functional groups attached to an aromatic ring is 1. The molecule has 2 heterocycles. The van der Waals surface area contributed by atoms with Crippen LogP contribution in [0.3, 0.4) is 0 Å². The maximum Gasteiger partial charge on any atom is 0.154 e. The number of ether oxygens (including phenoxy) is 1. The second kappa shape index (κ2) is 4.53. The van der Waals surface area contributed by atoms with Gasteiger partial charge >= 0.3 is 0 Å². The third-order valence-corrected chi connectivity index (χ3v) is 2.94. The minimum absolute atomic E-state index is 0.426. The van der Waals surface area contributed by atoms with Gasteiger partial charge in [-0.25, -0.2) is 0 Å². The van der Waals surface area contributed by atoms with Gasteiger partial charge in [0.25, 0.3) is 0 Å². The third-order valence-electron chi connectivity index (χ3n) is 2.94. The van der Waals surface area contributed by atoms with Gasteiger partial charge in [0, 0.05) is 22.5 Å². The Morgan fingerprint density at radius 2 is 1.84 bits per heavy atom. The Kier molecular flexibility index (Phi) is 2.72. The molecule has 0 saturated heterocycles. The summed E-state index contributed by atoms with van der Waals surface area (Å²) in [5.41, 5.74) is 7.44. The van der Waals surface area contributed by atoms with Crippen LogP contribution >= 0.6 is 0 Å². The molecule has 94 valence electrons.